The monoisotopic (exact) mass is 287 g/mol. The zero-order chi connectivity index (χ0) is 14.4. The molecule has 1 aromatic rings. The fourth-order valence-corrected chi connectivity index (χ4v) is 1.63. The Balaban J connectivity index is 2.68. The van der Waals surface area contributed by atoms with Gasteiger partial charge in [0.2, 0.25) is 5.91 Å². The molecule has 0 radical (unpaired) electrons. The highest BCUT2D eigenvalue weighted by Gasteiger charge is 2.14. The van der Waals surface area contributed by atoms with E-state index in [0.29, 0.717) is 6.54 Å². The third-order valence-electron chi connectivity index (χ3n) is 2.39. The van der Waals surface area contributed by atoms with Crippen molar-refractivity contribution in [3.8, 4) is 0 Å². The first-order valence-corrected chi connectivity index (χ1v) is 6.16. The highest BCUT2D eigenvalue weighted by molar-refractivity contribution is 7.80. The summed E-state index contributed by atoms with van der Waals surface area (Å²) in [6.07, 6.45) is 0.173. The predicted octanol–water partition coefficient (Wildman–Crippen LogP) is 1.54. The van der Waals surface area contributed by atoms with Crippen molar-refractivity contribution in [3.63, 3.8) is 0 Å². The largest absolute Gasteiger partial charge is 0.389 e. The lowest BCUT2D eigenvalue weighted by molar-refractivity contribution is -0.120. The number of carbonyl (C=O) groups excluding carboxylic acids is 1. The summed E-state index contributed by atoms with van der Waals surface area (Å²) in [5.74, 6) is -2.30. The van der Waals surface area contributed by atoms with Gasteiger partial charge in [0, 0.05) is 25.1 Å². The van der Waals surface area contributed by atoms with E-state index in [4.69, 9.17) is 5.73 Å². The molecule has 1 rings (SSSR count). The number of rotatable bonds is 6. The molecule has 1 aromatic carbocycles. The lowest BCUT2D eigenvalue weighted by Gasteiger charge is -2.10. The molecule has 0 bridgehead atoms. The van der Waals surface area contributed by atoms with Crippen molar-refractivity contribution in [2.75, 3.05) is 18.4 Å². The summed E-state index contributed by atoms with van der Waals surface area (Å²) in [7, 11) is 0. The summed E-state index contributed by atoms with van der Waals surface area (Å²) in [6.45, 7) is 2.54. The summed E-state index contributed by atoms with van der Waals surface area (Å²) >= 11 is 4.60. The van der Waals surface area contributed by atoms with E-state index in [1.807, 2.05) is 0 Å². The van der Waals surface area contributed by atoms with Gasteiger partial charge in [0.25, 0.3) is 0 Å². The molecule has 0 spiro atoms. The van der Waals surface area contributed by atoms with E-state index < -0.39 is 11.6 Å². The van der Waals surface area contributed by atoms with Gasteiger partial charge in [-0.25, -0.2) is 8.78 Å². The van der Waals surface area contributed by atoms with Crippen LogP contribution in [-0.2, 0) is 4.79 Å². The maximum absolute atomic E-state index is 13.6. The smallest absolute Gasteiger partial charge is 0.221 e. The minimum atomic E-state index is -1.09. The lowest BCUT2D eigenvalue weighted by Crippen LogP contribution is -2.25. The number of hydrogen-bond donors (Lipinski definition) is 3. The molecule has 7 heteroatoms. The van der Waals surface area contributed by atoms with Crippen molar-refractivity contribution in [2.24, 2.45) is 5.73 Å². The molecule has 0 aromatic heterocycles. The molecular formula is C12H15F2N3OS. The van der Waals surface area contributed by atoms with Crippen molar-refractivity contribution in [1.82, 2.24) is 5.32 Å². The second-order valence-corrected chi connectivity index (χ2v) is 4.22. The Hall–Kier alpha value is -1.76. The first-order valence-electron chi connectivity index (χ1n) is 5.75. The summed E-state index contributed by atoms with van der Waals surface area (Å²) in [5, 5.41) is 5.25. The quantitative estimate of drug-likeness (QED) is 0.694. The van der Waals surface area contributed by atoms with E-state index in [0.717, 1.165) is 0 Å². The van der Waals surface area contributed by atoms with Gasteiger partial charge in [0.1, 0.15) is 4.99 Å². The molecule has 0 saturated heterocycles. The van der Waals surface area contributed by atoms with Crippen LogP contribution >= 0.6 is 12.2 Å². The normalized spacial score (nSPS) is 10.1. The fourth-order valence-electron chi connectivity index (χ4n) is 1.47. The zero-order valence-electron chi connectivity index (χ0n) is 10.4. The van der Waals surface area contributed by atoms with Crippen molar-refractivity contribution in [1.29, 1.82) is 0 Å². The van der Waals surface area contributed by atoms with E-state index in [1.54, 1.807) is 6.92 Å². The third kappa shape index (κ3) is 4.13. The van der Waals surface area contributed by atoms with Gasteiger partial charge in [-0.15, -0.1) is 0 Å². The number of hydrogen-bond acceptors (Lipinski definition) is 3. The summed E-state index contributed by atoms with van der Waals surface area (Å²) < 4.78 is 27.2. The Morgan fingerprint density at radius 2 is 2.05 bits per heavy atom. The van der Waals surface area contributed by atoms with Crippen molar-refractivity contribution in [3.05, 3.63) is 29.3 Å². The third-order valence-corrected chi connectivity index (χ3v) is 2.61. The van der Waals surface area contributed by atoms with Gasteiger partial charge < -0.3 is 16.4 Å². The van der Waals surface area contributed by atoms with Gasteiger partial charge in [0.05, 0.1) is 5.69 Å². The predicted molar refractivity (Wildman–Crippen MR) is 74.0 cm³/mol. The lowest BCUT2D eigenvalue weighted by atomic mass is 10.1. The Morgan fingerprint density at radius 3 is 2.63 bits per heavy atom. The molecule has 4 N–H and O–H groups in total. The SMILES string of the molecule is CCNC(=O)CCNc1ccc(C(N)=S)c(F)c1F. The average molecular weight is 287 g/mol. The van der Waals surface area contributed by atoms with Gasteiger partial charge in [0.15, 0.2) is 11.6 Å². The number of halogens is 2. The summed E-state index contributed by atoms with van der Waals surface area (Å²) in [5.41, 5.74) is 5.09. The van der Waals surface area contributed by atoms with Crippen LogP contribution in [0.2, 0.25) is 0 Å². The molecule has 0 aliphatic heterocycles. The van der Waals surface area contributed by atoms with Crippen LogP contribution in [0.25, 0.3) is 0 Å². The highest BCUT2D eigenvalue weighted by atomic mass is 32.1. The second-order valence-electron chi connectivity index (χ2n) is 3.78. The molecule has 0 atom stereocenters. The molecule has 0 aliphatic carbocycles. The Bertz CT molecular complexity index is 494. The molecule has 0 heterocycles. The molecule has 0 saturated carbocycles. The van der Waals surface area contributed by atoms with Crippen molar-refractivity contribution < 1.29 is 13.6 Å². The second kappa shape index (κ2) is 6.98. The van der Waals surface area contributed by atoms with Gasteiger partial charge in [-0.3, -0.25) is 4.79 Å². The van der Waals surface area contributed by atoms with E-state index in [-0.39, 0.29) is 35.1 Å². The van der Waals surface area contributed by atoms with E-state index in [9.17, 15) is 13.6 Å². The summed E-state index contributed by atoms with van der Waals surface area (Å²) in [6, 6.07) is 2.64. The maximum Gasteiger partial charge on any atom is 0.221 e. The number of nitrogens with one attached hydrogen (secondary N) is 2. The minimum Gasteiger partial charge on any atom is -0.389 e. The molecule has 0 unspecified atom stereocenters. The topological polar surface area (TPSA) is 67.2 Å². The summed E-state index contributed by atoms with van der Waals surface area (Å²) in [4.78, 5) is 11.0. The van der Waals surface area contributed by atoms with E-state index >= 15 is 0 Å². The fraction of sp³-hybridized carbons (Fsp3) is 0.333. The van der Waals surface area contributed by atoms with E-state index in [1.165, 1.54) is 12.1 Å². The number of amides is 1. The van der Waals surface area contributed by atoms with Crippen molar-refractivity contribution >= 4 is 28.8 Å². The van der Waals surface area contributed by atoms with E-state index in [2.05, 4.69) is 22.9 Å². The van der Waals surface area contributed by atoms with Gasteiger partial charge in [-0.05, 0) is 19.1 Å². The number of benzene rings is 1. The van der Waals surface area contributed by atoms with Crippen molar-refractivity contribution in [2.45, 2.75) is 13.3 Å². The number of nitrogens with two attached hydrogens (primary N) is 1. The first-order chi connectivity index (χ1) is 8.97. The van der Waals surface area contributed by atoms with Crippen LogP contribution in [0.5, 0.6) is 0 Å². The Morgan fingerprint density at radius 1 is 1.37 bits per heavy atom. The molecule has 0 fully saturated rings. The average Bonchev–Trinajstić information content (AvgIpc) is 2.34. The van der Waals surface area contributed by atoms with Crippen LogP contribution in [0, 0.1) is 11.6 Å². The van der Waals surface area contributed by atoms with Crippen LogP contribution in [0.1, 0.15) is 18.9 Å². The Kier molecular flexibility index (Phi) is 5.62. The molecular weight excluding hydrogens is 272 g/mol. The highest BCUT2D eigenvalue weighted by Crippen LogP contribution is 2.20. The van der Waals surface area contributed by atoms with Crippen LogP contribution in [0.4, 0.5) is 14.5 Å². The molecule has 4 nitrogen and oxygen atoms in total. The number of thiocarbonyl (C=S) groups is 1. The maximum atomic E-state index is 13.6. The van der Waals surface area contributed by atoms with Crippen LogP contribution < -0.4 is 16.4 Å². The molecule has 104 valence electrons. The number of anilines is 1. The van der Waals surface area contributed by atoms with Gasteiger partial charge in [-0.2, -0.15) is 0 Å². The molecule has 0 aliphatic rings. The Labute approximate surface area is 115 Å². The first kappa shape index (κ1) is 15.3. The standard InChI is InChI=1S/C12H15F2N3OS/c1-2-16-9(18)5-6-17-8-4-3-7(12(15)19)10(13)11(8)14/h3-4,17H,2,5-6H2,1H3,(H2,15,19)(H,16,18). The van der Waals surface area contributed by atoms with Crippen LogP contribution in [0.3, 0.4) is 0 Å². The molecule has 1 amide bonds. The minimum absolute atomic E-state index is 0.0261. The van der Waals surface area contributed by atoms with Crippen LogP contribution in [-0.4, -0.2) is 24.0 Å². The van der Waals surface area contributed by atoms with Crippen LogP contribution in [0.15, 0.2) is 12.1 Å². The van der Waals surface area contributed by atoms with Gasteiger partial charge >= 0.3 is 0 Å². The zero-order valence-corrected chi connectivity index (χ0v) is 11.2. The molecule has 19 heavy (non-hydrogen) atoms. The van der Waals surface area contributed by atoms with Gasteiger partial charge in [-0.1, -0.05) is 12.2 Å². The number of carbonyl (C=O) groups is 1.